The molecule has 1 amide bonds. The third-order valence-electron chi connectivity index (χ3n) is 8.24. The molecule has 1 N–H and O–H groups in total. The van der Waals surface area contributed by atoms with Gasteiger partial charge in [-0.3, -0.25) is 9.59 Å². The largest absolute Gasteiger partial charge is 0.380 e. The molecule has 0 spiro atoms. The second kappa shape index (κ2) is 9.08. The van der Waals surface area contributed by atoms with Crippen LogP contribution >= 0.6 is 0 Å². The molecule has 0 saturated heterocycles. The van der Waals surface area contributed by atoms with E-state index in [0.717, 1.165) is 38.5 Å². The molecule has 2 bridgehead atoms. The number of carbonyl (C=O) groups excluding carboxylic acids is 1. The van der Waals surface area contributed by atoms with Crippen LogP contribution in [-0.2, 0) is 10.3 Å². The molecule has 0 aliphatic heterocycles. The number of nitrogens with one attached hydrogen (secondary N) is 1. The van der Waals surface area contributed by atoms with Crippen molar-refractivity contribution in [3.8, 4) is 5.75 Å². The van der Waals surface area contributed by atoms with Crippen LogP contribution in [0.25, 0.3) is 10.9 Å². The predicted octanol–water partition coefficient (Wildman–Crippen LogP) is 4.89. The number of amides is 1. The Hall–Kier alpha value is -3.56. The highest BCUT2D eigenvalue weighted by Gasteiger charge is 2.53. The van der Waals surface area contributed by atoms with Gasteiger partial charge in [-0.1, -0.05) is 12.1 Å². The minimum atomic E-state index is -2.61. The average Bonchev–Trinajstić information content (AvgIpc) is 2.87. The lowest BCUT2D eigenvalue weighted by Gasteiger charge is -2.53. The zero-order chi connectivity index (χ0) is 26.5. The number of hydrogen-bond donors (Lipinski definition) is 1. The van der Waals surface area contributed by atoms with Crippen LogP contribution in [0.2, 0.25) is 0 Å². The lowest BCUT2D eigenvalue weighted by Crippen LogP contribution is -2.55. The third kappa shape index (κ3) is 4.22. The van der Waals surface area contributed by atoms with Gasteiger partial charge in [0.25, 0.3) is 12.0 Å². The summed E-state index contributed by atoms with van der Waals surface area (Å²) in [6.07, 6.45) is 3.61. The van der Waals surface area contributed by atoms with Crippen molar-refractivity contribution in [2.24, 2.45) is 5.41 Å². The monoisotopic (exact) mass is 511 g/mol. The Morgan fingerprint density at radius 1 is 1.11 bits per heavy atom. The van der Waals surface area contributed by atoms with E-state index in [1.54, 1.807) is 49.7 Å². The Bertz CT molecular complexity index is 1410. The number of alkyl halides is 2. The Labute approximate surface area is 213 Å². The second-order valence-corrected chi connectivity index (χ2v) is 10.6. The van der Waals surface area contributed by atoms with Crippen molar-refractivity contribution in [2.75, 3.05) is 19.6 Å². The summed E-state index contributed by atoms with van der Waals surface area (Å²) in [4.78, 5) is 42.5. The van der Waals surface area contributed by atoms with E-state index in [4.69, 9.17) is 4.84 Å². The molecule has 196 valence electrons. The number of benzene rings is 1. The number of pyridine rings is 1. The molecule has 2 heterocycles. The van der Waals surface area contributed by atoms with Gasteiger partial charge in [-0.25, -0.2) is 24.2 Å². The second-order valence-electron chi connectivity index (χ2n) is 10.6. The van der Waals surface area contributed by atoms with Gasteiger partial charge in [-0.05, 0) is 58.4 Å². The van der Waals surface area contributed by atoms with E-state index in [9.17, 15) is 18.4 Å². The van der Waals surface area contributed by atoms with Gasteiger partial charge in [-0.15, -0.1) is 0 Å². The van der Waals surface area contributed by atoms with Crippen molar-refractivity contribution in [2.45, 2.75) is 64.3 Å². The van der Waals surface area contributed by atoms with Crippen molar-refractivity contribution in [1.82, 2.24) is 19.4 Å². The first kappa shape index (κ1) is 25.1. The lowest BCUT2D eigenvalue weighted by atomic mass is 9.56. The summed E-state index contributed by atoms with van der Waals surface area (Å²) in [6.45, 7) is 3.28. The molecular formula is C27H31F2N5O3. The lowest BCUT2D eigenvalue weighted by molar-refractivity contribution is -0.148. The van der Waals surface area contributed by atoms with E-state index in [2.05, 4.69) is 15.4 Å². The number of aryl methyl sites for hydroxylation is 1. The maximum absolute atomic E-state index is 13.3. The molecule has 1 aromatic carbocycles. The summed E-state index contributed by atoms with van der Waals surface area (Å²) < 4.78 is 28.4. The average molecular weight is 512 g/mol. The molecule has 3 aliphatic carbocycles. The molecule has 10 heteroatoms. The number of nitrogens with zero attached hydrogens (tertiary/aromatic N) is 4. The molecule has 0 radical (unpaired) electrons. The standard InChI is InChI=1S/C27H31F2N5O3/c1-16-18(23(28)29)6-5-7-21(16)37-32-24-19-15-34(22(35)14-20(19)30-17(2)31-24)27-11-8-26(9-12-27,10-13-27)25(36)33(3)4/h5-7,14-15,23H,8-13H2,1-4H3,(H,30,31,32). The summed E-state index contributed by atoms with van der Waals surface area (Å²) in [6, 6.07) is 5.99. The van der Waals surface area contributed by atoms with Gasteiger partial charge in [0.1, 0.15) is 5.82 Å². The van der Waals surface area contributed by atoms with Crippen molar-refractivity contribution in [1.29, 1.82) is 0 Å². The summed E-state index contributed by atoms with van der Waals surface area (Å²) in [5.41, 5.74) is 2.66. The molecule has 0 unspecified atom stereocenters. The van der Waals surface area contributed by atoms with E-state index >= 15 is 0 Å². The van der Waals surface area contributed by atoms with Gasteiger partial charge >= 0.3 is 0 Å². The van der Waals surface area contributed by atoms with Gasteiger partial charge in [0.05, 0.1) is 10.9 Å². The van der Waals surface area contributed by atoms with Crippen molar-refractivity contribution >= 4 is 22.6 Å². The minimum Gasteiger partial charge on any atom is -0.380 e. The van der Waals surface area contributed by atoms with E-state index in [1.165, 1.54) is 18.2 Å². The molecule has 8 nitrogen and oxygen atoms in total. The maximum Gasteiger partial charge on any atom is 0.264 e. The van der Waals surface area contributed by atoms with Crippen LogP contribution in [0.1, 0.15) is 61.9 Å². The first-order valence-corrected chi connectivity index (χ1v) is 12.5. The van der Waals surface area contributed by atoms with Crippen LogP contribution in [-0.4, -0.2) is 39.4 Å². The summed E-state index contributed by atoms with van der Waals surface area (Å²) in [5.74, 6) is 1.22. The number of hydrogen-bond acceptors (Lipinski definition) is 6. The fraction of sp³-hybridized carbons (Fsp3) is 0.481. The molecule has 3 saturated carbocycles. The van der Waals surface area contributed by atoms with Crippen LogP contribution in [0.3, 0.4) is 0 Å². The first-order valence-electron chi connectivity index (χ1n) is 12.5. The predicted molar refractivity (Wildman–Crippen MR) is 136 cm³/mol. The number of fused-ring (bicyclic) bond motifs is 4. The maximum atomic E-state index is 13.3. The number of halogens is 2. The molecule has 2 aromatic heterocycles. The summed E-state index contributed by atoms with van der Waals surface area (Å²) in [5, 5.41) is 0.592. The van der Waals surface area contributed by atoms with E-state index in [1.807, 2.05) is 0 Å². The Morgan fingerprint density at radius 3 is 2.41 bits per heavy atom. The van der Waals surface area contributed by atoms with Gasteiger partial charge < -0.3 is 14.3 Å². The topological polar surface area (TPSA) is 89.4 Å². The number of rotatable bonds is 6. The summed E-state index contributed by atoms with van der Waals surface area (Å²) in [7, 11) is 3.59. The van der Waals surface area contributed by atoms with Crippen LogP contribution in [0.4, 0.5) is 14.6 Å². The van der Waals surface area contributed by atoms with Gasteiger partial charge in [-0.2, -0.15) is 0 Å². The van der Waals surface area contributed by atoms with E-state index in [0.29, 0.717) is 28.1 Å². The van der Waals surface area contributed by atoms with Crippen LogP contribution < -0.4 is 15.9 Å². The molecule has 3 aliphatic rings. The Morgan fingerprint density at radius 2 is 1.78 bits per heavy atom. The van der Waals surface area contributed by atoms with Gasteiger partial charge in [0.2, 0.25) is 5.91 Å². The normalized spacial score (nSPS) is 22.9. The Balaban J connectivity index is 1.49. The molecule has 0 atom stereocenters. The highest BCUT2D eigenvalue weighted by atomic mass is 19.3. The molecular weight excluding hydrogens is 480 g/mol. The number of anilines is 1. The van der Waals surface area contributed by atoms with Crippen molar-refractivity contribution in [3.05, 3.63) is 57.8 Å². The highest BCUT2D eigenvalue weighted by molar-refractivity contribution is 5.88. The van der Waals surface area contributed by atoms with E-state index < -0.39 is 6.43 Å². The van der Waals surface area contributed by atoms with Crippen LogP contribution in [0.5, 0.6) is 5.75 Å². The first-order chi connectivity index (χ1) is 17.5. The molecule has 6 rings (SSSR count). The highest BCUT2D eigenvalue weighted by Crippen LogP contribution is 2.56. The smallest absolute Gasteiger partial charge is 0.264 e. The van der Waals surface area contributed by atoms with Crippen LogP contribution in [0.15, 0.2) is 35.3 Å². The molecule has 3 fully saturated rings. The minimum absolute atomic E-state index is 0.102. The number of carbonyl (C=O) groups is 1. The summed E-state index contributed by atoms with van der Waals surface area (Å²) >= 11 is 0. The van der Waals surface area contributed by atoms with Crippen molar-refractivity contribution in [3.63, 3.8) is 0 Å². The van der Waals surface area contributed by atoms with Crippen LogP contribution in [0, 0.1) is 19.3 Å². The SMILES string of the molecule is Cc1nc(NOc2cccc(C(F)F)c2C)c2cn(C34CCC(C(=O)N(C)C)(CC3)CC4)c(=O)cc2n1. The van der Waals surface area contributed by atoms with Gasteiger partial charge in [0.15, 0.2) is 11.6 Å². The van der Waals surface area contributed by atoms with Gasteiger partial charge in [0, 0.05) is 48.4 Å². The quantitative estimate of drug-likeness (QED) is 0.474. The Kier molecular flexibility index (Phi) is 6.16. The molecule has 37 heavy (non-hydrogen) atoms. The fourth-order valence-corrected chi connectivity index (χ4v) is 6.07. The van der Waals surface area contributed by atoms with E-state index in [-0.39, 0.29) is 33.7 Å². The fourth-order valence-electron chi connectivity index (χ4n) is 6.07. The van der Waals surface area contributed by atoms with Crippen molar-refractivity contribution < 1.29 is 18.4 Å². The molecule has 3 aromatic rings. The zero-order valence-electron chi connectivity index (χ0n) is 21.5. The zero-order valence-corrected chi connectivity index (χ0v) is 21.5. The number of aromatic nitrogens is 3. The third-order valence-corrected chi connectivity index (χ3v) is 8.24.